The molecule has 7 nitrogen and oxygen atoms in total. The number of nitrogens with one attached hydrogen (secondary N) is 2. The number of anilines is 1. The summed E-state index contributed by atoms with van der Waals surface area (Å²) < 4.78 is 2.05. The number of aryl methyl sites for hydroxylation is 2. The van der Waals surface area contributed by atoms with E-state index in [-0.39, 0.29) is 11.8 Å². The van der Waals surface area contributed by atoms with Crippen molar-refractivity contribution < 1.29 is 4.79 Å². The van der Waals surface area contributed by atoms with Crippen LogP contribution in [0.15, 0.2) is 24.5 Å². The van der Waals surface area contributed by atoms with E-state index >= 15 is 0 Å². The van der Waals surface area contributed by atoms with Gasteiger partial charge in [0.05, 0.1) is 11.0 Å². The molecule has 3 heterocycles. The summed E-state index contributed by atoms with van der Waals surface area (Å²) in [5.41, 5.74) is 2.80. The van der Waals surface area contributed by atoms with Gasteiger partial charge in [-0.25, -0.2) is 4.98 Å². The molecule has 2 aliphatic rings. The molecule has 0 spiro atoms. The number of imidazole rings is 1. The number of aromatic nitrogens is 5. The van der Waals surface area contributed by atoms with Crippen molar-refractivity contribution in [3.8, 4) is 0 Å². The Morgan fingerprint density at radius 3 is 3.00 bits per heavy atom. The van der Waals surface area contributed by atoms with Crippen molar-refractivity contribution in [2.75, 3.05) is 5.32 Å². The van der Waals surface area contributed by atoms with E-state index in [1.807, 2.05) is 22.8 Å². The Hall–Kier alpha value is -2.70. The second-order valence-electron chi connectivity index (χ2n) is 7.44. The highest BCUT2D eigenvalue weighted by molar-refractivity contribution is 5.94. The van der Waals surface area contributed by atoms with Crippen molar-refractivity contribution in [2.24, 2.45) is 5.92 Å². The van der Waals surface area contributed by atoms with Gasteiger partial charge in [-0.2, -0.15) is 0 Å². The van der Waals surface area contributed by atoms with E-state index in [0.29, 0.717) is 5.92 Å². The molecular weight excluding hydrogens is 328 g/mol. The van der Waals surface area contributed by atoms with Crippen LogP contribution < -0.4 is 5.32 Å². The van der Waals surface area contributed by atoms with Crippen LogP contribution in [-0.2, 0) is 17.8 Å². The molecule has 3 aromatic rings. The number of hydrogen-bond acceptors (Lipinski definition) is 4. The van der Waals surface area contributed by atoms with Gasteiger partial charge in [-0.1, -0.05) is 6.42 Å². The van der Waals surface area contributed by atoms with Gasteiger partial charge in [-0.3, -0.25) is 4.79 Å². The Kier molecular flexibility index (Phi) is 3.72. The highest BCUT2D eigenvalue weighted by atomic mass is 16.1. The molecular formula is C19H22N6O. The van der Waals surface area contributed by atoms with E-state index in [4.69, 9.17) is 4.98 Å². The first kappa shape index (κ1) is 15.5. The molecule has 7 heteroatoms. The standard InChI is InChI=1S/C19H22N6O/c26-19(13-4-7-17-24-20-11-25(17)9-8-13)21-14-5-6-15-16(10-14)23-18(22-15)12-2-1-3-12/h5-6,10-13H,1-4,7-9H2,(H,21,26)(H,22,23). The zero-order chi connectivity index (χ0) is 17.5. The molecule has 1 fully saturated rings. The number of nitrogens with zero attached hydrogens (tertiary/aromatic N) is 4. The van der Waals surface area contributed by atoms with Crippen LogP contribution in [0.2, 0.25) is 0 Å². The quantitative estimate of drug-likeness (QED) is 0.760. The molecule has 26 heavy (non-hydrogen) atoms. The molecule has 1 aromatic carbocycles. The highest BCUT2D eigenvalue weighted by Gasteiger charge is 2.24. The van der Waals surface area contributed by atoms with Gasteiger partial charge >= 0.3 is 0 Å². The van der Waals surface area contributed by atoms with E-state index < -0.39 is 0 Å². The van der Waals surface area contributed by atoms with E-state index in [0.717, 1.165) is 54.2 Å². The molecule has 134 valence electrons. The maximum Gasteiger partial charge on any atom is 0.227 e. The number of H-pyrrole nitrogens is 1. The Bertz CT molecular complexity index is 932. The lowest BCUT2D eigenvalue weighted by Crippen LogP contribution is -2.23. The second-order valence-corrected chi connectivity index (χ2v) is 7.44. The fourth-order valence-corrected chi connectivity index (χ4v) is 3.89. The van der Waals surface area contributed by atoms with Gasteiger partial charge in [-0.05, 0) is 43.9 Å². The Labute approximate surface area is 151 Å². The van der Waals surface area contributed by atoms with Gasteiger partial charge in [0.2, 0.25) is 5.91 Å². The van der Waals surface area contributed by atoms with Crippen LogP contribution in [0.5, 0.6) is 0 Å². The molecule has 1 amide bonds. The molecule has 2 N–H and O–H groups in total. The van der Waals surface area contributed by atoms with Crippen molar-refractivity contribution in [1.82, 2.24) is 24.7 Å². The molecule has 0 radical (unpaired) electrons. The van der Waals surface area contributed by atoms with Crippen molar-refractivity contribution in [3.05, 3.63) is 36.2 Å². The van der Waals surface area contributed by atoms with Crippen LogP contribution in [0.4, 0.5) is 5.69 Å². The first-order valence-corrected chi connectivity index (χ1v) is 9.43. The summed E-state index contributed by atoms with van der Waals surface area (Å²) in [6, 6.07) is 5.92. The molecule has 1 aliphatic heterocycles. The van der Waals surface area contributed by atoms with E-state index in [2.05, 4.69) is 20.5 Å². The number of rotatable bonds is 3. The van der Waals surface area contributed by atoms with Crippen LogP contribution in [0.3, 0.4) is 0 Å². The van der Waals surface area contributed by atoms with Crippen LogP contribution >= 0.6 is 0 Å². The van der Waals surface area contributed by atoms with E-state index in [1.54, 1.807) is 6.33 Å². The largest absolute Gasteiger partial charge is 0.342 e. The van der Waals surface area contributed by atoms with Crippen molar-refractivity contribution in [2.45, 2.75) is 51.0 Å². The highest BCUT2D eigenvalue weighted by Crippen LogP contribution is 2.35. The number of fused-ring (bicyclic) bond motifs is 2. The minimum atomic E-state index is -0.000277. The second kappa shape index (κ2) is 6.23. The topological polar surface area (TPSA) is 88.5 Å². The summed E-state index contributed by atoms with van der Waals surface area (Å²) in [7, 11) is 0. The van der Waals surface area contributed by atoms with Crippen molar-refractivity contribution in [3.63, 3.8) is 0 Å². The third-order valence-corrected chi connectivity index (χ3v) is 5.76. The maximum atomic E-state index is 12.7. The molecule has 1 aliphatic carbocycles. The predicted octanol–water partition coefficient (Wildman–Crippen LogP) is 3.01. The van der Waals surface area contributed by atoms with Crippen molar-refractivity contribution >= 4 is 22.6 Å². The summed E-state index contributed by atoms with van der Waals surface area (Å²) in [4.78, 5) is 20.8. The minimum absolute atomic E-state index is 0.000277. The summed E-state index contributed by atoms with van der Waals surface area (Å²) in [5.74, 6) is 2.72. The maximum absolute atomic E-state index is 12.7. The Morgan fingerprint density at radius 1 is 1.23 bits per heavy atom. The van der Waals surface area contributed by atoms with Crippen LogP contribution in [0, 0.1) is 5.92 Å². The fourth-order valence-electron chi connectivity index (χ4n) is 3.89. The summed E-state index contributed by atoms with van der Waals surface area (Å²) in [6.07, 6.45) is 7.90. The molecule has 1 atom stereocenters. The molecule has 1 saturated carbocycles. The zero-order valence-corrected chi connectivity index (χ0v) is 14.6. The lowest BCUT2D eigenvalue weighted by molar-refractivity contribution is -0.120. The summed E-state index contributed by atoms with van der Waals surface area (Å²) in [5, 5.41) is 11.2. The van der Waals surface area contributed by atoms with Crippen LogP contribution in [0.1, 0.15) is 49.7 Å². The molecule has 2 aromatic heterocycles. The molecule has 5 rings (SSSR count). The Morgan fingerprint density at radius 2 is 2.15 bits per heavy atom. The SMILES string of the molecule is O=C(Nc1ccc2nc(C3CCC3)[nH]c2c1)C1CCc2nncn2CC1. The number of carbonyl (C=O) groups excluding carboxylic acids is 1. The molecule has 1 unspecified atom stereocenters. The van der Waals surface area contributed by atoms with Gasteiger partial charge in [0, 0.05) is 30.5 Å². The third kappa shape index (κ3) is 2.77. The minimum Gasteiger partial charge on any atom is -0.342 e. The summed E-state index contributed by atoms with van der Waals surface area (Å²) in [6.45, 7) is 0.796. The zero-order valence-electron chi connectivity index (χ0n) is 14.6. The van der Waals surface area contributed by atoms with Gasteiger partial charge in [0.15, 0.2) is 0 Å². The number of amides is 1. The van der Waals surface area contributed by atoms with Gasteiger partial charge in [0.1, 0.15) is 18.0 Å². The molecule has 0 saturated heterocycles. The average molecular weight is 350 g/mol. The number of carbonyl (C=O) groups is 1. The predicted molar refractivity (Wildman–Crippen MR) is 97.8 cm³/mol. The van der Waals surface area contributed by atoms with Crippen molar-refractivity contribution in [1.29, 1.82) is 0 Å². The summed E-state index contributed by atoms with van der Waals surface area (Å²) >= 11 is 0. The lowest BCUT2D eigenvalue weighted by atomic mass is 9.85. The normalized spacial score (nSPS) is 20.4. The Balaban J connectivity index is 1.29. The molecule has 0 bridgehead atoms. The van der Waals surface area contributed by atoms with E-state index in [1.165, 1.54) is 19.3 Å². The smallest absolute Gasteiger partial charge is 0.227 e. The third-order valence-electron chi connectivity index (χ3n) is 5.76. The average Bonchev–Trinajstić information content (AvgIpc) is 3.14. The number of aromatic amines is 1. The van der Waals surface area contributed by atoms with Gasteiger partial charge < -0.3 is 14.9 Å². The number of benzene rings is 1. The number of hydrogen-bond donors (Lipinski definition) is 2. The van der Waals surface area contributed by atoms with Crippen LogP contribution in [-0.4, -0.2) is 30.6 Å². The lowest BCUT2D eigenvalue weighted by Gasteiger charge is -2.22. The van der Waals surface area contributed by atoms with Gasteiger partial charge in [-0.15, -0.1) is 10.2 Å². The monoisotopic (exact) mass is 350 g/mol. The van der Waals surface area contributed by atoms with Crippen LogP contribution in [0.25, 0.3) is 11.0 Å². The van der Waals surface area contributed by atoms with E-state index in [9.17, 15) is 4.79 Å². The first-order valence-electron chi connectivity index (χ1n) is 9.43. The fraction of sp³-hybridized carbons (Fsp3) is 0.474. The van der Waals surface area contributed by atoms with Gasteiger partial charge in [0.25, 0.3) is 0 Å². The first-order chi connectivity index (χ1) is 12.8.